The summed E-state index contributed by atoms with van der Waals surface area (Å²) >= 11 is 0. The number of nitrogens with one attached hydrogen (secondary N) is 1. The molecule has 2 nitrogen and oxygen atoms in total. The fourth-order valence-corrected chi connectivity index (χ4v) is 2.52. The van der Waals surface area contributed by atoms with Crippen molar-refractivity contribution in [2.24, 2.45) is 5.41 Å². The summed E-state index contributed by atoms with van der Waals surface area (Å²) in [7, 11) is 1.80. The van der Waals surface area contributed by atoms with Gasteiger partial charge < -0.3 is 10.1 Å². The molecule has 0 amide bonds. The van der Waals surface area contributed by atoms with Gasteiger partial charge in [-0.15, -0.1) is 0 Å². The Morgan fingerprint density at radius 1 is 1.31 bits per heavy atom. The number of hydrogen-bond donors (Lipinski definition) is 1. The lowest BCUT2D eigenvalue weighted by Gasteiger charge is -2.39. The summed E-state index contributed by atoms with van der Waals surface area (Å²) in [5, 5.41) is 3.72. The minimum Gasteiger partial charge on any atom is -0.379 e. The topological polar surface area (TPSA) is 21.3 Å². The summed E-state index contributed by atoms with van der Waals surface area (Å²) in [5.41, 5.74) is 0.473. The second kappa shape index (κ2) is 5.50. The van der Waals surface area contributed by atoms with Crippen LogP contribution in [-0.2, 0) is 4.74 Å². The van der Waals surface area contributed by atoms with Gasteiger partial charge in [-0.3, -0.25) is 0 Å². The fraction of sp³-hybridized carbons (Fsp3) is 1.00. The van der Waals surface area contributed by atoms with Crippen molar-refractivity contribution in [2.75, 3.05) is 13.7 Å². The Hall–Kier alpha value is -0.0800. The van der Waals surface area contributed by atoms with Gasteiger partial charge in [0.25, 0.3) is 0 Å². The van der Waals surface area contributed by atoms with Crippen LogP contribution >= 0.6 is 0 Å². The van der Waals surface area contributed by atoms with Crippen LogP contribution in [0, 0.1) is 5.41 Å². The summed E-state index contributed by atoms with van der Waals surface area (Å²) in [6, 6.07) is 0.689. The predicted molar refractivity (Wildman–Crippen MR) is 69.7 cm³/mol. The molecular formula is C14H29NO. The van der Waals surface area contributed by atoms with Crippen molar-refractivity contribution in [3.8, 4) is 0 Å². The van der Waals surface area contributed by atoms with Crippen LogP contribution < -0.4 is 5.32 Å². The van der Waals surface area contributed by atoms with Crippen molar-refractivity contribution >= 4 is 0 Å². The van der Waals surface area contributed by atoms with Crippen molar-refractivity contribution in [1.29, 1.82) is 0 Å². The first-order valence-electron chi connectivity index (χ1n) is 6.66. The molecule has 0 heterocycles. The van der Waals surface area contributed by atoms with Gasteiger partial charge in [0.1, 0.15) is 0 Å². The van der Waals surface area contributed by atoms with E-state index >= 15 is 0 Å². The monoisotopic (exact) mass is 227 g/mol. The highest BCUT2D eigenvalue weighted by Gasteiger charge is 2.31. The molecule has 0 aromatic heterocycles. The van der Waals surface area contributed by atoms with E-state index in [1.807, 2.05) is 0 Å². The van der Waals surface area contributed by atoms with Gasteiger partial charge in [0.05, 0.1) is 5.60 Å². The van der Waals surface area contributed by atoms with Crippen LogP contribution in [0.15, 0.2) is 0 Å². The van der Waals surface area contributed by atoms with E-state index in [1.54, 1.807) is 7.11 Å². The zero-order valence-electron chi connectivity index (χ0n) is 11.7. The summed E-state index contributed by atoms with van der Waals surface area (Å²) < 4.78 is 5.44. The molecule has 2 heteroatoms. The third-order valence-corrected chi connectivity index (χ3v) is 4.18. The largest absolute Gasteiger partial charge is 0.379 e. The van der Waals surface area contributed by atoms with Gasteiger partial charge in [-0.1, -0.05) is 26.7 Å². The first-order chi connectivity index (χ1) is 7.37. The molecule has 1 saturated carbocycles. The van der Waals surface area contributed by atoms with Crippen molar-refractivity contribution in [3.05, 3.63) is 0 Å². The van der Waals surface area contributed by atoms with Crippen molar-refractivity contribution in [3.63, 3.8) is 0 Å². The van der Waals surface area contributed by atoms with Crippen LogP contribution in [0.2, 0.25) is 0 Å². The Kier molecular flexibility index (Phi) is 4.81. The van der Waals surface area contributed by atoms with E-state index in [1.165, 1.54) is 25.7 Å². The molecule has 1 atom stereocenters. The van der Waals surface area contributed by atoms with E-state index in [2.05, 4.69) is 33.0 Å². The van der Waals surface area contributed by atoms with E-state index < -0.39 is 0 Å². The summed E-state index contributed by atoms with van der Waals surface area (Å²) in [5.74, 6) is 0. The van der Waals surface area contributed by atoms with E-state index in [-0.39, 0.29) is 5.60 Å². The van der Waals surface area contributed by atoms with E-state index in [0.717, 1.165) is 13.0 Å². The van der Waals surface area contributed by atoms with E-state index in [0.29, 0.717) is 11.5 Å². The summed E-state index contributed by atoms with van der Waals surface area (Å²) in [6.45, 7) is 10.2. The van der Waals surface area contributed by atoms with Crippen molar-refractivity contribution in [1.82, 2.24) is 5.32 Å². The third kappa shape index (κ3) is 4.06. The highest BCUT2D eigenvalue weighted by atomic mass is 16.5. The molecule has 1 rings (SSSR count). The molecule has 0 aromatic rings. The minimum atomic E-state index is 0.00576. The average Bonchev–Trinajstić information content (AvgIpc) is 2.20. The second-order valence-electron chi connectivity index (χ2n) is 6.45. The Bertz CT molecular complexity index is 211. The number of ether oxygens (including phenoxy) is 1. The minimum absolute atomic E-state index is 0.00576. The van der Waals surface area contributed by atoms with Gasteiger partial charge in [-0.05, 0) is 45.1 Å². The molecule has 1 unspecified atom stereocenters. The Balaban J connectivity index is 2.31. The second-order valence-corrected chi connectivity index (χ2v) is 6.45. The molecule has 16 heavy (non-hydrogen) atoms. The summed E-state index contributed by atoms with van der Waals surface area (Å²) in [6.07, 6.45) is 6.55. The molecule has 1 N–H and O–H groups in total. The fourth-order valence-electron chi connectivity index (χ4n) is 2.52. The lowest BCUT2D eigenvalue weighted by atomic mass is 9.73. The summed E-state index contributed by atoms with van der Waals surface area (Å²) in [4.78, 5) is 0. The van der Waals surface area contributed by atoms with E-state index in [4.69, 9.17) is 4.74 Å². The van der Waals surface area contributed by atoms with Gasteiger partial charge in [0.15, 0.2) is 0 Å². The standard InChI is InChI=1S/C14H29NO/c1-13(2)9-7-6-8-12(13)15-11-10-14(3,4)16-5/h12,15H,6-11H2,1-5H3. The van der Waals surface area contributed by atoms with Crippen molar-refractivity contribution in [2.45, 2.75) is 71.4 Å². The number of hydrogen-bond acceptors (Lipinski definition) is 2. The normalized spacial score (nSPS) is 25.7. The van der Waals surface area contributed by atoms with Crippen LogP contribution in [0.4, 0.5) is 0 Å². The maximum absolute atomic E-state index is 5.44. The molecular weight excluding hydrogens is 198 g/mol. The smallest absolute Gasteiger partial charge is 0.0634 e. The average molecular weight is 227 g/mol. The van der Waals surface area contributed by atoms with Crippen LogP contribution in [0.1, 0.15) is 59.8 Å². The molecule has 0 aromatic carbocycles. The SMILES string of the molecule is COC(C)(C)CCNC1CCCCC1(C)C. The van der Waals surface area contributed by atoms with Crippen LogP contribution in [-0.4, -0.2) is 25.3 Å². The number of methoxy groups -OCH3 is 1. The molecule has 0 bridgehead atoms. The quantitative estimate of drug-likeness (QED) is 0.777. The maximum atomic E-state index is 5.44. The van der Waals surface area contributed by atoms with E-state index in [9.17, 15) is 0 Å². The molecule has 0 aliphatic heterocycles. The van der Waals surface area contributed by atoms with Gasteiger partial charge >= 0.3 is 0 Å². The molecule has 0 saturated heterocycles. The highest BCUT2D eigenvalue weighted by molar-refractivity contribution is 4.88. The first-order valence-corrected chi connectivity index (χ1v) is 6.66. The van der Waals surface area contributed by atoms with Crippen LogP contribution in [0.25, 0.3) is 0 Å². The van der Waals surface area contributed by atoms with Gasteiger partial charge in [-0.25, -0.2) is 0 Å². The van der Waals surface area contributed by atoms with Crippen LogP contribution in [0.3, 0.4) is 0 Å². The highest BCUT2D eigenvalue weighted by Crippen LogP contribution is 2.35. The first kappa shape index (κ1) is 14.0. The zero-order valence-corrected chi connectivity index (χ0v) is 11.7. The maximum Gasteiger partial charge on any atom is 0.0634 e. The van der Waals surface area contributed by atoms with Crippen LogP contribution in [0.5, 0.6) is 0 Å². The third-order valence-electron chi connectivity index (χ3n) is 4.18. The molecule has 0 radical (unpaired) electrons. The molecule has 96 valence electrons. The Morgan fingerprint density at radius 3 is 2.56 bits per heavy atom. The number of rotatable bonds is 5. The molecule has 1 fully saturated rings. The zero-order chi connectivity index (χ0) is 12.2. The van der Waals surface area contributed by atoms with Crippen molar-refractivity contribution < 1.29 is 4.74 Å². The van der Waals surface area contributed by atoms with Gasteiger partial charge in [0, 0.05) is 13.2 Å². The van der Waals surface area contributed by atoms with Gasteiger partial charge in [-0.2, -0.15) is 0 Å². The predicted octanol–water partition coefficient (Wildman–Crippen LogP) is 3.36. The molecule has 0 spiro atoms. The lowest BCUT2D eigenvalue weighted by Crippen LogP contribution is -2.45. The Morgan fingerprint density at radius 2 is 2.00 bits per heavy atom. The molecule has 1 aliphatic rings. The lowest BCUT2D eigenvalue weighted by molar-refractivity contribution is 0.0136. The Labute approximate surface area is 101 Å². The van der Waals surface area contributed by atoms with Gasteiger partial charge in [0.2, 0.25) is 0 Å². The molecule has 1 aliphatic carbocycles.